The van der Waals surface area contributed by atoms with Crippen LogP contribution in [0.15, 0.2) is 42.5 Å². The van der Waals surface area contributed by atoms with Crippen LogP contribution < -0.4 is 10.1 Å². The Balaban J connectivity index is 2.03. The van der Waals surface area contributed by atoms with E-state index < -0.39 is 10.8 Å². The third-order valence-electron chi connectivity index (χ3n) is 3.25. The lowest BCUT2D eigenvalue weighted by Crippen LogP contribution is -2.26. The zero-order valence-corrected chi connectivity index (χ0v) is 12.4. The summed E-state index contributed by atoms with van der Waals surface area (Å²) in [6.07, 6.45) is 0.517. The fraction of sp³-hybridized carbons (Fsp3) is 0.188. The third kappa shape index (κ3) is 4.26. The molecule has 1 amide bonds. The Morgan fingerprint density at radius 3 is 2.57 bits per heavy atom. The first-order valence-corrected chi connectivity index (χ1v) is 6.86. The first kappa shape index (κ1) is 16.4. The van der Waals surface area contributed by atoms with Crippen molar-refractivity contribution >= 4 is 11.6 Å². The monoisotopic (exact) mass is 318 g/mol. The van der Waals surface area contributed by atoms with Gasteiger partial charge in [-0.25, -0.2) is 4.39 Å². The van der Waals surface area contributed by atoms with E-state index in [9.17, 15) is 19.3 Å². The first-order chi connectivity index (χ1) is 11.0. The molecular formula is C16H15FN2O4. The van der Waals surface area contributed by atoms with Crippen LogP contribution in [-0.4, -0.2) is 24.5 Å². The molecule has 0 aliphatic carbocycles. The van der Waals surface area contributed by atoms with Gasteiger partial charge >= 0.3 is 0 Å². The maximum Gasteiger partial charge on any atom is 0.270 e. The second-order valence-electron chi connectivity index (χ2n) is 4.77. The van der Waals surface area contributed by atoms with E-state index in [-0.39, 0.29) is 22.8 Å². The number of hydrogen-bond donors (Lipinski definition) is 1. The van der Waals surface area contributed by atoms with Gasteiger partial charge in [-0.2, -0.15) is 0 Å². The molecule has 2 rings (SSSR count). The number of halogens is 1. The summed E-state index contributed by atoms with van der Waals surface area (Å²) >= 11 is 0. The van der Waals surface area contributed by atoms with Crippen molar-refractivity contribution in [1.82, 2.24) is 5.32 Å². The highest BCUT2D eigenvalue weighted by Gasteiger charge is 2.17. The smallest absolute Gasteiger partial charge is 0.270 e. The fourth-order valence-electron chi connectivity index (χ4n) is 2.05. The SMILES string of the molecule is COc1ccc([N+](=O)[O-])cc1C(=O)NCCc1ccc(F)cc1. The second-order valence-corrected chi connectivity index (χ2v) is 4.77. The zero-order valence-electron chi connectivity index (χ0n) is 12.4. The normalized spacial score (nSPS) is 10.2. The molecule has 0 unspecified atom stereocenters. The van der Waals surface area contributed by atoms with Crippen molar-refractivity contribution in [1.29, 1.82) is 0 Å². The number of nitro groups is 1. The molecule has 7 heteroatoms. The van der Waals surface area contributed by atoms with Crippen molar-refractivity contribution in [3.05, 3.63) is 69.5 Å². The van der Waals surface area contributed by atoms with E-state index in [0.29, 0.717) is 13.0 Å². The highest BCUT2D eigenvalue weighted by atomic mass is 19.1. The maximum absolute atomic E-state index is 12.8. The van der Waals surface area contributed by atoms with E-state index in [2.05, 4.69) is 5.32 Å². The number of benzene rings is 2. The Labute approximate surface area is 132 Å². The number of rotatable bonds is 6. The number of amides is 1. The number of carbonyl (C=O) groups is 1. The molecule has 1 N–H and O–H groups in total. The molecule has 0 aliphatic rings. The quantitative estimate of drug-likeness (QED) is 0.656. The molecule has 120 valence electrons. The van der Waals surface area contributed by atoms with E-state index in [4.69, 9.17) is 4.74 Å². The van der Waals surface area contributed by atoms with Crippen LogP contribution in [0.5, 0.6) is 5.75 Å². The lowest BCUT2D eigenvalue weighted by atomic mass is 10.1. The summed E-state index contributed by atoms with van der Waals surface area (Å²) in [6.45, 7) is 0.316. The molecular weight excluding hydrogens is 303 g/mol. The Hall–Kier alpha value is -2.96. The number of ether oxygens (including phenoxy) is 1. The van der Waals surface area contributed by atoms with Crippen LogP contribution in [0.2, 0.25) is 0 Å². The Bertz CT molecular complexity index is 717. The van der Waals surface area contributed by atoms with E-state index in [0.717, 1.165) is 5.56 Å². The minimum Gasteiger partial charge on any atom is -0.496 e. The second kappa shape index (κ2) is 7.35. The lowest BCUT2D eigenvalue weighted by Gasteiger charge is -2.09. The number of non-ortho nitro benzene ring substituents is 1. The van der Waals surface area contributed by atoms with Crippen LogP contribution in [0, 0.1) is 15.9 Å². The summed E-state index contributed by atoms with van der Waals surface area (Å²) < 4.78 is 17.9. The Kier molecular flexibility index (Phi) is 5.24. The van der Waals surface area contributed by atoms with Gasteiger partial charge in [0.2, 0.25) is 0 Å². The largest absolute Gasteiger partial charge is 0.496 e. The summed E-state index contributed by atoms with van der Waals surface area (Å²) in [5.41, 5.74) is 0.785. The van der Waals surface area contributed by atoms with E-state index >= 15 is 0 Å². The van der Waals surface area contributed by atoms with Crippen LogP contribution >= 0.6 is 0 Å². The molecule has 0 spiro atoms. The minimum absolute atomic E-state index is 0.0980. The Morgan fingerprint density at radius 2 is 1.96 bits per heavy atom. The third-order valence-corrected chi connectivity index (χ3v) is 3.25. The average Bonchev–Trinajstić information content (AvgIpc) is 2.55. The van der Waals surface area contributed by atoms with Gasteiger partial charge in [0.1, 0.15) is 11.6 Å². The van der Waals surface area contributed by atoms with Crippen LogP contribution in [0.3, 0.4) is 0 Å². The van der Waals surface area contributed by atoms with Gasteiger partial charge in [-0.1, -0.05) is 12.1 Å². The van der Waals surface area contributed by atoms with Gasteiger partial charge in [-0.15, -0.1) is 0 Å². The number of nitro benzene ring substituents is 1. The number of hydrogen-bond acceptors (Lipinski definition) is 4. The molecule has 0 saturated carbocycles. The van der Waals surface area contributed by atoms with Gasteiger partial charge in [0.05, 0.1) is 17.6 Å². The van der Waals surface area contributed by atoms with Gasteiger partial charge in [0.25, 0.3) is 11.6 Å². The maximum atomic E-state index is 12.8. The molecule has 0 atom stereocenters. The van der Waals surface area contributed by atoms with Crippen LogP contribution in [0.25, 0.3) is 0 Å². The number of carbonyl (C=O) groups excluding carboxylic acids is 1. The molecule has 0 bridgehead atoms. The van der Waals surface area contributed by atoms with Gasteiger partial charge in [0, 0.05) is 18.7 Å². The number of methoxy groups -OCH3 is 1. The van der Waals surface area contributed by atoms with Crippen LogP contribution in [0.1, 0.15) is 15.9 Å². The first-order valence-electron chi connectivity index (χ1n) is 6.86. The van der Waals surface area contributed by atoms with E-state index in [1.165, 1.54) is 37.4 Å². The summed E-state index contributed by atoms with van der Waals surface area (Å²) in [6, 6.07) is 9.79. The van der Waals surface area contributed by atoms with Gasteiger partial charge in [0.15, 0.2) is 0 Å². The molecule has 0 aliphatic heterocycles. The topological polar surface area (TPSA) is 81.5 Å². The summed E-state index contributed by atoms with van der Waals surface area (Å²) in [7, 11) is 1.39. The summed E-state index contributed by atoms with van der Waals surface area (Å²) in [4.78, 5) is 22.4. The molecule has 23 heavy (non-hydrogen) atoms. The van der Waals surface area contributed by atoms with Crippen LogP contribution in [-0.2, 0) is 6.42 Å². The van der Waals surface area contributed by atoms with Gasteiger partial charge in [-0.3, -0.25) is 14.9 Å². The van der Waals surface area contributed by atoms with Crippen molar-refractivity contribution in [3.8, 4) is 5.75 Å². The molecule has 2 aromatic carbocycles. The molecule has 0 heterocycles. The van der Waals surface area contributed by atoms with Gasteiger partial charge in [-0.05, 0) is 30.2 Å². The standard InChI is InChI=1S/C16H15FN2O4/c1-23-15-7-6-13(19(21)22)10-14(15)16(20)18-9-8-11-2-4-12(17)5-3-11/h2-7,10H,8-9H2,1H3,(H,18,20). The molecule has 0 fully saturated rings. The number of nitrogens with zero attached hydrogens (tertiary/aromatic N) is 1. The van der Waals surface area contributed by atoms with Crippen molar-refractivity contribution < 1.29 is 18.8 Å². The van der Waals surface area contributed by atoms with Gasteiger partial charge < -0.3 is 10.1 Å². The highest BCUT2D eigenvalue weighted by Crippen LogP contribution is 2.23. The molecule has 0 radical (unpaired) electrons. The molecule has 2 aromatic rings. The summed E-state index contributed by atoms with van der Waals surface area (Å²) in [5.74, 6) is -0.526. The van der Waals surface area contributed by atoms with E-state index in [1.807, 2.05) is 0 Å². The number of nitrogens with one attached hydrogen (secondary N) is 1. The van der Waals surface area contributed by atoms with E-state index in [1.54, 1.807) is 12.1 Å². The fourth-order valence-corrected chi connectivity index (χ4v) is 2.05. The van der Waals surface area contributed by atoms with Crippen molar-refractivity contribution in [2.75, 3.05) is 13.7 Å². The van der Waals surface area contributed by atoms with Crippen LogP contribution in [0.4, 0.5) is 10.1 Å². The average molecular weight is 318 g/mol. The predicted octanol–water partition coefficient (Wildman–Crippen LogP) is 2.72. The minimum atomic E-state index is -0.575. The van der Waals surface area contributed by atoms with Crippen molar-refractivity contribution in [3.63, 3.8) is 0 Å². The highest BCUT2D eigenvalue weighted by molar-refractivity contribution is 5.97. The predicted molar refractivity (Wildman–Crippen MR) is 82.1 cm³/mol. The molecule has 0 saturated heterocycles. The van der Waals surface area contributed by atoms with Crippen molar-refractivity contribution in [2.45, 2.75) is 6.42 Å². The molecule has 6 nitrogen and oxygen atoms in total. The Morgan fingerprint density at radius 1 is 1.26 bits per heavy atom. The zero-order chi connectivity index (χ0) is 16.8. The van der Waals surface area contributed by atoms with Crippen molar-refractivity contribution in [2.24, 2.45) is 0 Å². The molecule has 0 aromatic heterocycles. The lowest BCUT2D eigenvalue weighted by molar-refractivity contribution is -0.384. The summed E-state index contributed by atoms with van der Waals surface area (Å²) in [5, 5.41) is 13.5.